The molecule has 0 saturated carbocycles. The van der Waals surface area contributed by atoms with E-state index < -0.39 is 5.41 Å². The first kappa shape index (κ1) is 29.7. The van der Waals surface area contributed by atoms with Crippen LogP contribution < -0.4 is 10.2 Å². The van der Waals surface area contributed by atoms with E-state index in [4.69, 9.17) is 0 Å². The van der Waals surface area contributed by atoms with E-state index in [1.165, 1.54) is 0 Å². The lowest BCUT2D eigenvalue weighted by Crippen LogP contribution is -2.51. The average Bonchev–Trinajstić information content (AvgIpc) is 3.92. The number of aryl methyl sites for hydroxylation is 1. The van der Waals surface area contributed by atoms with Crippen molar-refractivity contribution in [1.82, 2.24) is 34.9 Å². The van der Waals surface area contributed by atoms with Crippen LogP contribution >= 0.6 is 0 Å². The van der Waals surface area contributed by atoms with Crippen molar-refractivity contribution in [1.29, 1.82) is 5.26 Å². The first-order chi connectivity index (χ1) is 23.4. The third-order valence-corrected chi connectivity index (χ3v) is 9.93. The number of carbonyl (C=O) groups is 2. The van der Waals surface area contributed by atoms with Crippen LogP contribution in [0.2, 0.25) is 0 Å². The van der Waals surface area contributed by atoms with Crippen LogP contribution in [0.1, 0.15) is 18.5 Å². The molecule has 12 nitrogen and oxygen atoms in total. The number of rotatable bonds is 7. The van der Waals surface area contributed by atoms with E-state index in [-0.39, 0.29) is 37.0 Å². The highest BCUT2D eigenvalue weighted by atomic mass is 16.2. The summed E-state index contributed by atoms with van der Waals surface area (Å²) in [5.41, 5.74) is 4.86. The molecule has 0 radical (unpaired) electrons. The summed E-state index contributed by atoms with van der Waals surface area (Å²) in [6, 6.07) is 22.2. The molecule has 3 unspecified atom stereocenters. The Balaban J connectivity index is 0.889. The lowest BCUT2D eigenvalue weighted by molar-refractivity contribution is -0.133. The minimum atomic E-state index is -1.24. The molecule has 240 valence electrons. The van der Waals surface area contributed by atoms with Crippen molar-refractivity contribution in [3.63, 3.8) is 0 Å². The van der Waals surface area contributed by atoms with Gasteiger partial charge in [-0.1, -0.05) is 0 Å². The monoisotopic (exact) mass is 638 g/mol. The fourth-order valence-corrected chi connectivity index (χ4v) is 7.43. The van der Waals surface area contributed by atoms with Crippen molar-refractivity contribution < 1.29 is 9.59 Å². The zero-order chi connectivity index (χ0) is 32.8. The van der Waals surface area contributed by atoms with Crippen molar-refractivity contribution in [3.05, 3.63) is 84.9 Å². The lowest BCUT2D eigenvalue weighted by atomic mass is 9.88. The third-order valence-electron chi connectivity index (χ3n) is 9.93. The van der Waals surface area contributed by atoms with E-state index in [0.717, 1.165) is 52.1 Å². The van der Waals surface area contributed by atoms with Crippen molar-refractivity contribution in [2.24, 2.45) is 5.41 Å². The zero-order valence-electron chi connectivity index (χ0n) is 26.5. The number of fused-ring (bicyclic) bond motifs is 3. The maximum absolute atomic E-state index is 13.6. The largest absolute Gasteiger partial charge is 0.365 e. The second-order valence-electron chi connectivity index (χ2n) is 13.0. The number of carbonyl (C=O) groups excluding carboxylic acids is 2. The van der Waals surface area contributed by atoms with Crippen LogP contribution in [0.5, 0.6) is 0 Å². The third kappa shape index (κ3) is 5.32. The van der Waals surface area contributed by atoms with Gasteiger partial charge in [-0.15, -0.1) is 0 Å². The van der Waals surface area contributed by atoms with Crippen molar-refractivity contribution in [2.75, 3.05) is 42.9 Å². The SMILES string of the molecule is Cc1cc(-c2n[nH]c3ccc(NC(=O)C4(C#N)CCN(CC(=O)N5CC6CC5CN6c5ccc(-c6ncccn6)cc5)C4)cc23)ccn1. The molecular formula is C36H34N10O2. The zero-order valence-corrected chi connectivity index (χ0v) is 26.5. The maximum atomic E-state index is 13.6. The smallest absolute Gasteiger partial charge is 0.246 e. The molecule has 3 saturated heterocycles. The van der Waals surface area contributed by atoms with E-state index in [9.17, 15) is 14.9 Å². The Labute approximate surface area is 277 Å². The molecule has 2 N–H and O–H groups in total. The van der Waals surface area contributed by atoms with E-state index >= 15 is 0 Å². The van der Waals surface area contributed by atoms with Gasteiger partial charge < -0.3 is 15.1 Å². The van der Waals surface area contributed by atoms with Crippen LogP contribution in [0, 0.1) is 23.7 Å². The number of aromatic amines is 1. The molecule has 3 aromatic heterocycles. The molecular weight excluding hydrogens is 604 g/mol. The van der Waals surface area contributed by atoms with Crippen LogP contribution in [0.15, 0.2) is 79.3 Å². The van der Waals surface area contributed by atoms with Gasteiger partial charge >= 0.3 is 0 Å². The van der Waals surface area contributed by atoms with Gasteiger partial charge in [0.15, 0.2) is 5.82 Å². The van der Waals surface area contributed by atoms with Gasteiger partial charge in [0, 0.05) is 84.4 Å². The van der Waals surface area contributed by atoms with Crippen LogP contribution in [0.4, 0.5) is 11.4 Å². The summed E-state index contributed by atoms with van der Waals surface area (Å²) in [7, 11) is 0. The standard InChI is InChI=1S/C36H34N10O2/c1-23-15-25(9-13-38-23)33-30-16-26(5-8-31(30)42-43-33)41-35(48)36(21-37)10-14-44(22-36)20-32(47)46-19-28-17-29(46)18-45(28)27-6-3-24(4-7-27)34-39-11-2-12-40-34/h2-9,11-13,15-16,28-29H,10,14,17-20,22H2,1H3,(H,41,48)(H,42,43). The normalized spacial score (nSPS) is 21.9. The Bertz CT molecular complexity index is 2060. The number of H-pyrrole nitrogens is 1. The molecule has 48 heavy (non-hydrogen) atoms. The molecule has 3 aliphatic heterocycles. The van der Waals surface area contributed by atoms with Crippen molar-refractivity contribution in [3.8, 4) is 28.7 Å². The van der Waals surface area contributed by atoms with Gasteiger partial charge in [0.05, 0.1) is 24.2 Å². The van der Waals surface area contributed by atoms with Crippen LogP contribution in [0.25, 0.3) is 33.5 Å². The molecule has 2 bridgehead atoms. The summed E-state index contributed by atoms with van der Waals surface area (Å²) in [5.74, 6) is 0.395. The minimum absolute atomic E-state index is 0.0529. The number of piperazine rings is 1. The molecule has 0 aliphatic carbocycles. The number of hydrogen-bond acceptors (Lipinski definition) is 9. The van der Waals surface area contributed by atoms with E-state index in [1.807, 2.05) is 53.1 Å². The van der Waals surface area contributed by atoms with E-state index in [0.29, 0.717) is 31.0 Å². The molecule has 12 heteroatoms. The predicted molar refractivity (Wildman–Crippen MR) is 181 cm³/mol. The lowest BCUT2D eigenvalue weighted by Gasteiger charge is -2.36. The highest BCUT2D eigenvalue weighted by Crippen LogP contribution is 2.37. The number of anilines is 2. The fraction of sp³-hybridized carbons (Fsp3) is 0.306. The van der Waals surface area contributed by atoms with Gasteiger partial charge in [0.25, 0.3) is 0 Å². The van der Waals surface area contributed by atoms with Crippen molar-refractivity contribution in [2.45, 2.75) is 31.8 Å². The minimum Gasteiger partial charge on any atom is -0.365 e. The molecule has 2 amide bonds. The molecule has 5 aromatic rings. The highest BCUT2D eigenvalue weighted by molar-refractivity contribution is 6.01. The topological polar surface area (TPSA) is 147 Å². The highest BCUT2D eigenvalue weighted by Gasteiger charge is 2.48. The van der Waals surface area contributed by atoms with Gasteiger partial charge in [0.1, 0.15) is 11.1 Å². The summed E-state index contributed by atoms with van der Waals surface area (Å²) < 4.78 is 0. The maximum Gasteiger partial charge on any atom is 0.246 e. The molecule has 6 heterocycles. The number of amides is 2. The summed E-state index contributed by atoms with van der Waals surface area (Å²) in [6.07, 6.45) is 6.52. The fourth-order valence-electron chi connectivity index (χ4n) is 7.43. The second-order valence-corrected chi connectivity index (χ2v) is 13.0. The number of likely N-dealkylation sites (tertiary alicyclic amines) is 2. The first-order valence-electron chi connectivity index (χ1n) is 16.2. The van der Waals surface area contributed by atoms with E-state index in [2.05, 4.69) is 53.6 Å². The van der Waals surface area contributed by atoms with Crippen LogP contribution in [0.3, 0.4) is 0 Å². The summed E-state index contributed by atoms with van der Waals surface area (Å²) >= 11 is 0. The van der Waals surface area contributed by atoms with Crippen molar-refractivity contribution >= 4 is 34.1 Å². The summed E-state index contributed by atoms with van der Waals surface area (Å²) in [5, 5.41) is 21.6. The first-order valence-corrected chi connectivity index (χ1v) is 16.2. The average molecular weight is 639 g/mol. The van der Waals surface area contributed by atoms with E-state index in [1.54, 1.807) is 30.7 Å². The Morgan fingerprint density at radius 2 is 1.83 bits per heavy atom. The van der Waals surface area contributed by atoms with Gasteiger partial charge in [-0.05, 0) is 80.4 Å². The molecule has 3 aliphatic rings. The Morgan fingerprint density at radius 1 is 1.00 bits per heavy atom. The Hall–Kier alpha value is -5.67. The summed E-state index contributed by atoms with van der Waals surface area (Å²) in [6.45, 7) is 4.29. The summed E-state index contributed by atoms with van der Waals surface area (Å²) in [4.78, 5) is 46.4. The second kappa shape index (κ2) is 11.8. The quantitative estimate of drug-likeness (QED) is 0.270. The molecule has 3 atom stereocenters. The van der Waals surface area contributed by atoms with Gasteiger partial charge in [-0.2, -0.15) is 10.4 Å². The molecule has 0 spiro atoms. The molecule has 2 aromatic carbocycles. The Kier molecular flexibility index (Phi) is 7.33. The van der Waals surface area contributed by atoms with Gasteiger partial charge in [-0.25, -0.2) is 9.97 Å². The molecule has 8 rings (SSSR count). The number of nitrogens with one attached hydrogen (secondary N) is 2. The number of aromatic nitrogens is 5. The van der Waals surface area contributed by atoms with Gasteiger partial charge in [-0.3, -0.25) is 24.6 Å². The Morgan fingerprint density at radius 3 is 2.58 bits per heavy atom. The number of pyridine rings is 1. The number of nitriles is 1. The number of nitrogens with zero attached hydrogens (tertiary/aromatic N) is 8. The number of benzene rings is 2. The van der Waals surface area contributed by atoms with Crippen LogP contribution in [-0.4, -0.2) is 91.6 Å². The predicted octanol–water partition coefficient (Wildman–Crippen LogP) is 4.03. The number of hydrogen-bond donors (Lipinski definition) is 2. The van der Waals surface area contributed by atoms with Gasteiger partial charge in [0.2, 0.25) is 11.8 Å². The molecule has 3 fully saturated rings. The van der Waals surface area contributed by atoms with Crippen LogP contribution in [-0.2, 0) is 9.59 Å².